The van der Waals surface area contributed by atoms with E-state index in [-0.39, 0.29) is 6.54 Å². The molecule has 1 saturated carbocycles. The summed E-state index contributed by atoms with van der Waals surface area (Å²) in [5.41, 5.74) is -2.84. The quantitative estimate of drug-likeness (QED) is 0.868. The summed E-state index contributed by atoms with van der Waals surface area (Å²) in [4.78, 5) is 25.6. The molecule has 1 aliphatic heterocycles. The summed E-state index contributed by atoms with van der Waals surface area (Å²) in [6.07, 6.45) is -4.44. The minimum Gasteiger partial charge on any atom is -0.481 e. The fraction of sp³-hybridized carbons (Fsp3) is 0.846. The minimum atomic E-state index is -4.86. The molecule has 2 amide bonds. The van der Waals surface area contributed by atoms with E-state index in [4.69, 9.17) is 5.11 Å². The van der Waals surface area contributed by atoms with Gasteiger partial charge in [0.05, 0.1) is 0 Å². The molecule has 0 bridgehead atoms. The van der Waals surface area contributed by atoms with Gasteiger partial charge >= 0.3 is 18.2 Å². The average Bonchev–Trinajstić information content (AvgIpc) is 2.90. The molecular formula is C13H19F3N2O3. The summed E-state index contributed by atoms with van der Waals surface area (Å²) in [7, 11) is 1.54. The van der Waals surface area contributed by atoms with Crippen molar-refractivity contribution in [1.82, 2.24) is 9.80 Å². The molecule has 2 aliphatic rings. The maximum Gasteiger partial charge on any atom is 0.406 e. The Morgan fingerprint density at radius 1 is 1.43 bits per heavy atom. The number of amides is 2. The van der Waals surface area contributed by atoms with Crippen molar-refractivity contribution in [3.8, 4) is 0 Å². The SMILES string of the molecule is CC1CC1CN(C)C(=O)N1CCC(C(=O)O)(C(F)(F)F)C1. The monoisotopic (exact) mass is 308 g/mol. The summed E-state index contributed by atoms with van der Waals surface area (Å²) in [6, 6.07) is -0.526. The van der Waals surface area contributed by atoms with Crippen LogP contribution in [-0.4, -0.2) is 59.8 Å². The van der Waals surface area contributed by atoms with E-state index in [1.54, 1.807) is 7.05 Å². The molecule has 0 aromatic heterocycles. The Hall–Kier alpha value is -1.47. The van der Waals surface area contributed by atoms with E-state index in [1.165, 1.54) is 4.90 Å². The van der Waals surface area contributed by atoms with Crippen molar-refractivity contribution in [2.75, 3.05) is 26.7 Å². The predicted octanol–water partition coefficient (Wildman–Crippen LogP) is 2.03. The Labute approximate surface area is 120 Å². The maximum atomic E-state index is 13.0. The second-order valence-corrected chi connectivity index (χ2v) is 6.19. The number of hydrogen-bond acceptors (Lipinski definition) is 2. The van der Waals surface area contributed by atoms with E-state index in [2.05, 4.69) is 6.92 Å². The number of hydrogen-bond donors (Lipinski definition) is 1. The standard InChI is InChI=1S/C13H19F3N2O3/c1-8-5-9(8)6-17(2)11(21)18-4-3-12(7-18,10(19)20)13(14,15)16/h8-9H,3-7H2,1-2H3,(H,19,20). The number of carbonyl (C=O) groups excluding carboxylic acids is 1. The van der Waals surface area contributed by atoms with Gasteiger partial charge in [0.2, 0.25) is 0 Å². The molecule has 5 nitrogen and oxygen atoms in total. The van der Waals surface area contributed by atoms with Crippen LogP contribution in [0.15, 0.2) is 0 Å². The van der Waals surface area contributed by atoms with Crippen LogP contribution < -0.4 is 0 Å². The van der Waals surface area contributed by atoms with Crippen LogP contribution in [0, 0.1) is 17.3 Å². The number of carboxylic acids is 1. The molecule has 0 spiro atoms. The van der Waals surface area contributed by atoms with E-state index >= 15 is 0 Å². The minimum absolute atomic E-state index is 0.185. The zero-order valence-corrected chi connectivity index (χ0v) is 12.0. The van der Waals surface area contributed by atoms with Gasteiger partial charge in [0.1, 0.15) is 0 Å². The van der Waals surface area contributed by atoms with Crippen LogP contribution in [0.5, 0.6) is 0 Å². The molecule has 1 N–H and O–H groups in total. The van der Waals surface area contributed by atoms with Crippen LogP contribution in [-0.2, 0) is 4.79 Å². The molecule has 2 rings (SSSR count). The van der Waals surface area contributed by atoms with E-state index < -0.39 is 36.6 Å². The molecule has 0 aromatic rings. The summed E-state index contributed by atoms with van der Waals surface area (Å²) in [5.74, 6) is -0.982. The van der Waals surface area contributed by atoms with E-state index in [0.29, 0.717) is 18.4 Å². The van der Waals surface area contributed by atoms with Crippen molar-refractivity contribution in [3.63, 3.8) is 0 Å². The highest BCUT2D eigenvalue weighted by Crippen LogP contribution is 2.46. The Morgan fingerprint density at radius 2 is 2.00 bits per heavy atom. The Kier molecular flexibility index (Phi) is 3.84. The van der Waals surface area contributed by atoms with E-state index in [1.807, 2.05) is 0 Å². The molecule has 1 aliphatic carbocycles. The summed E-state index contributed by atoms with van der Waals surface area (Å²) < 4.78 is 39.1. The largest absolute Gasteiger partial charge is 0.481 e. The first-order valence-corrected chi connectivity index (χ1v) is 6.88. The van der Waals surface area contributed by atoms with Gasteiger partial charge in [-0.1, -0.05) is 6.92 Å². The van der Waals surface area contributed by atoms with Crippen molar-refractivity contribution >= 4 is 12.0 Å². The highest BCUT2D eigenvalue weighted by Gasteiger charge is 2.64. The van der Waals surface area contributed by atoms with Crippen molar-refractivity contribution in [3.05, 3.63) is 0 Å². The van der Waals surface area contributed by atoms with Gasteiger partial charge in [0.25, 0.3) is 0 Å². The molecule has 120 valence electrons. The molecule has 21 heavy (non-hydrogen) atoms. The second-order valence-electron chi connectivity index (χ2n) is 6.19. The average molecular weight is 308 g/mol. The van der Waals surface area contributed by atoms with E-state index in [0.717, 1.165) is 11.3 Å². The highest BCUT2D eigenvalue weighted by molar-refractivity contribution is 5.80. The van der Waals surface area contributed by atoms with Crippen LogP contribution in [0.4, 0.5) is 18.0 Å². The van der Waals surface area contributed by atoms with Gasteiger partial charge in [-0.25, -0.2) is 4.79 Å². The Morgan fingerprint density at radius 3 is 2.38 bits per heavy atom. The fourth-order valence-electron chi connectivity index (χ4n) is 2.82. The number of alkyl halides is 3. The first-order valence-electron chi connectivity index (χ1n) is 6.88. The maximum absolute atomic E-state index is 13.0. The Bertz CT molecular complexity index is 454. The molecule has 1 saturated heterocycles. The van der Waals surface area contributed by atoms with Crippen molar-refractivity contribution in [2.24, 2.45) is 17.3 Å². The Balaban J connectivity index is 2.03. The lowest BCUT2D eigenvalue weighted by atomic mass is 9.86. The third kappa shape index (κ3) is 2.80. The van der Waals surface area contributed by atoms with Gasteiger partial charge in [0, 0.05) is 26.7 Å². The first kappa shape index (κ1) is 15.9. The summed E-state index contributed by atoms with van der Waals surface area (Å²) >= 11 is 0. The van der Waals surface area contributed by atoms with Crippen LogP contribution in [0.3, 0.4) is 0 Å². The van der Waals surface area contributed by atoms with E-state index in [9.17, 15) is 22.8 Å². The molecule has 8 heteroatoms. The number of nitrogens with zero attached hydrogens (tertiary/aromatic N) is 2. The first-order chi connectivity index (χ1) is 9.58. The summed E-state index contributed by atoms with van der Waals surface area (Å²) in [5, 5.41) is 8.96. The molecule has 2 fully saturated rings. The molecule has 1 heterocycles. The molecule has 0 radical (unpaired) electrons. The fourth-order valence-corrected chi connectivity index (χ4v) is 2.82. The lowest BCUT2D eigenvalue weighted by Gasteiger charge is -2.29. The normalized spacial score (nSPS) is 32.1. The third-order valence-electron chi connectivity index (χ3n) is 4.60. The summed E-state index contributed by atoms with van der Waals surface area (Å²) in [6.45, 7) is 1.56. The highest BCUT2D eigenvalue weighted by atomic mass is 19.4. The lowest BCUT2D eigenvalue weighted by Crippen LogP contribution is -2.49. The van der Waals surface area contributed by atoms with Gasteiger partial charge in [0.15, 0.2) is 5.41 Å². The van der Waals surface area contributed by atoms with Gasteiger partial charge < -0.3 is 14.9 Å². The lowest BCUT2D eigenvalue weighted by molar-refractivity contribution is -0.227. The third-order valence-corrected chi connectivity index (χ3v) is 4.60. The van der Waals surface area contributed by atoms with Crippen molar-refractivity contribution in [1.29, 1.82) is 0 Å². The number of halogens is 3. The molecule has 3 atom stereocenters. The van der Waals surface area contributed by atoms with Crippen LogP contribution in [0.25, 0.3) is 0 Å². The molecular weight excluding hydrogens is 289 g/mol. The number of carboxylic acid groups (broad SMARTS) is 1. The zero-order chi connectivity index (χ0) is 16.0. The van der Waals surface area contributed by atoms with Crippen LogP contribution in [0.2, 0.25) is 0 Å². The van der Waals surface area contributed by atoms with Crippen LogP contribution >= 0.6 is 0 Å². The molecule has 0 aromatic carbocycles. The van der Waals surface area contributed by atoms with Crippen molar-refractivity contribution < 1.29 is 27.9 Å². The van der Waals surface area contributed by atoms with Crippen molar-refractivity contribution in [2.45, 2.75) is 25.9 Å². The van der Waals surface area contributed by atoms with Gasteiger partial charge in [-0.05, 0) is 24.7 Å². The van der Waals surface area contributed by atoms with Gasteiger partial charge in [-0.15, -0.1) is 0 Å². The number of urea groups is 1. The predicted molar refractivity (Wildman–Crippen MR) is 67.6 cm³/mol. The number of likely N-dealkylation sites (tertiary alicyclic amines) is 1. The number of aliphatic carboxylic acids is 1. The number of rotatable bonds is 3. The topological polar surface area (TPSA) is 60.9 Å². The zero-order valence-electron chi connectivity index (χ0n) is 12.0. The number of carbonyl (C=O) groups is 2. The molecule has 3 unspecified atom stereocenters. The van der Waals surface area contributed by atoms with Gasteiger partial charge in [-0.3, -0.25) is 4.79 Å². The van der Waals surface area contributed by atoms with Crippen LogP contribution in [0.1, 0.15) is 19.8 Å². The second kappa shape index (κ2) is 5.06. The van der Waals surface area contributed by atoms with Gasteiger partial charge in [-0.2, -0.15) is 13.2 Å². The smallest absolute Gasteiger partial charge is 0.406 e.